The summed E-state index contributed by atoms with van der Waals surface area (Å²) in [5.74, 6) is 0.582. The second-order valence-electron chi connectivity index (χ2n) is 7.20. The number of carbonyl (C=O) groups excluding carboxylic acids is 1. The van der Waals surface area contributed by atoms with E-state index in [1.54, 1.807) is 12.4 Å². The number of carbonyl (C=O) groups is 1. The van der Waals surface area contributed by atoms with E-state index in [9.17, 15) is 4.79 Å². The van der Waals surface area contributed by atoms with Crippen molar-refractivity contribution >= 4 is 27.5 Å². The Kier molecular flexibility index (Phi) is 3.94. The quantitative estimate of drug-likeness (QED) is 0.775. The van der Waals surface area contributed by atoms with Crippen molar-refractivity contribution in [3.8, 4) is 11.1 Å². The molecule has 6 heteroatoms. The molecule has 1 N–H and O–H groups in total. The number of pyridine rings is 1. The Balaban J connectivity index is 1.40. The molecule has 0 unspecified atom stereocenters. The van der Waals surface area contributed by atoms with Gasteiger partial charge in [0.25, 0.3) is 5.91 Å². The maximum absolute atomic E-state index is 12.8. The van der Waals surface area contributed by atoms with E-state index in [2.05, 4.69) is 31.7 Å². The molecule has 3 fully saturated rings. The number of aromatic nitrogens is 2. The first kappa shape index (κ1) is 15.9. The van der Waals surface area contributed by atoms with Crippen LogP contribution in [0.25, 0.3) is 21.2 Å². The summed E-state index contributed by atoms with van der Waals surface area (Å²) in [5, 5.41) is 4.18. The van der Waals surface area contributed by atoms with Gasteiger partial charge in [-0.15, -0.1) is 0 Å². The van der Waals surface area contributed by atoms with Crippen LogP contribution in [0.4, 0.5) is 0 Å². The summed E-state index contributed by atoms with van der Waals surface area (Å²) in [4.78, 5) is 19.3. The van der Waals surface area contributed by atoms with Crippen LogP contribution in [0.2, 0.25) is 0 Å². The number of piperidine rings is 3. The first-order valence-electron chi connectivity index (χ1n) is 9.11. The van der Waals surface area contributed by atoms with E-state index >= 15 is 0 Å². The van der Waals surface area contributed by atoms with Crippen LogP contribution in [0.5, 0.6) is 0 Å². The van der Waals surface area contributed by atoms with Crippen LogP contribution in [0.1, 0.15) is 23.3 Å². The fraction of sp³-hybridized carbons (Fsp3) is 0.350. The van der Waals surface area contributed by atoms with E-state index in [0.29, 0.717) is 11.6 Å². The monoisotopic (exact) mass is 364 g/mol. The SMILES string of the molecule is O=C(N[C@@H]1CN2CCC1CC2)c1nsc2cc(-c3ccncc3)ccc12. The standard InChI is InChI=1S/C20H20N4OS/c25-20(22-17-12-24-9-5-14(17)6-10-24)19-16-2-1-15(11-18(16)26-23-19)13-3-7-21-8-4-13/h1-4,7-8,11,14,17H,5-6,9-10,12H2,(H,22,25)/t17-/m1/s1. The molecule has 3 aliphatic rings. The van der Waals surface area contributed by atoms with Crippen LogP contribution in [-0.2, 0) is 0 Å². The Hall–Kier alpha value is -2.31. The first-order chi connectivity index (χ1) is 12.8. The molecule has 0 spiro atoms. The lowest BCUT2D eigenvalue weighted by Gasteiger charge is -2.44. The van der Waals surface area contributed by atoms with E-state index in [0.717, 1.165) is 27.8 Å². The lowest BCUT2D eigenvalue weighted by atomic mass is 9.84. The molecule has 26 heavy (non-hydrogen) atoms. The molecule has 132 valence electrons. The number of amides is 1. The van der Waals surface area contributed by atoms with Crippen molar-refractivity contribution in [1.82, 2.24) is 19.6 Å². The molecule has 3 aliphatic heterocycles. The molecule has 1 atom stereocenters. The lowest BCUT2D eigenvalue weighted by molar-refractivity contribution is 0.0619. The Bertz CT molecular complexity index is 947. The van der Waals surface area contributed by atoms with Crippen LogP contribution in [0.15, 0.2) is 42.7 Å². The Morgan fingerprint density at radius 1 is 1.12 bits per heavy atom. The van der Waals surface area contributed by atoms with Crippen molar-refractivity contribution in [2.45, 2.75) is 18.9 Å². The van der Waals surface area contributed by atoms with E-state index in [1.165, 1.54) is 37.5 Å². The molecule has 1 aromatic carbocycles. The van der Waals surface area contributed by atoms with E-state index in [1.807, 2.05) is 18.2 Å². The summed E-state index contributed by atoms with van der Waals surface area (Å²) < 4.78 is 5.50. The van der Waals surface area contributed by atoms with E-state index < -0.39 is 0 Å². The smallest absolute Gasteiger partial charge is 0.271 e. The van der Waals surface area contributed by atoms with Gasteiger partial charge >= 0.3 is 0 Å². The highest BCUT2D eigenvalue weighted by Gasteiger charge is 2.35. The average Bonchev–Trinajstić information content (AvgIpc) is 3.13. The van der Waals surface area contributed by atoms with Gasteiger partial charge in [-0.05, 0) is 72.7 Å². The van der Waals surface area contributed by atoms with Gasteiger partial charge in [0.1, 0.15) is 5.69 Å². The molecule has 0 radical (unpaired) electrons. The zero-order valence-electron chi connectivity index (χ0n) is 14.4. The van der Waals surface area contributed by atoms with Crippen LogP contribution in [0.3, 0.4) is 0 Å². The van der Waals surface area contributed by atoms with Crippen molar-refractivity contribution in [3.63, 3.8) is 0 Å². The average molecular weight is 364 g/mol. The van der Waals surface area contributed by atoms with Gasteiger partial charge in [0.2, 0.25) is 0 Å². The third-order valence-corrected chi connectivity index (χ3v) is 6.48. The van der Waals surface area contributed by atoms with Gasteiger partial charge in [-0.2, -0.15) is 4.37 Å². The molecule has 0 aliphatic carbocycles. The van der Waals surface area contributed by atoms with Gasteiger partial charge in [0, 0.05) is 30.4 Å². The van der Waals surface area contributed by atoms with Gasteiger partial charge < -0.3 is 10.2 Å². The Morgan fingerprint density at radius 3 is 2.65 bits per heavy atom. The minimum atomic E-state index is -0.0355. The molecule has 2 aromatic heterocycles. The summed E-state index contributed by atoms with van der Waals surface area (Å²) >= 11 is 1.39. The topological polar surface area (TPSA) is 58.1 Å². The van der Waals surface area contributed by atoms with Crippen molar-refractivity contribution in [2.75, 3.05) is 19.6 Å². The third kappa shape index (κ3) is 2.79. The second-order valence-corrected chi connectivity index (χ2v) is 8.00. The Morgan fingerprint density at radius 2 is 1.92 bits per heavy atom. The fourth-order valence-corrected chi connectivity index (χ4v) is 5.00. The number of hydrogen-bond donors (Lipinski definition) is 1. The number of nitrogens with zero attached hydrogens (tertiary/aromatic N) is 3. The summed E-state index contributed by atoms with van der Waals surface area (Å²) in [6.07, 6.45) is 5.97. The first-order valence-corrected chi connectivity index (χ1v) is 9.88. The van der Waals surface area contributed by atoms with Crippen molar-refractivity contribution in [1.29, 1.82) is 0 Å². The molecular formula is C20H20N4OS. The van der Waals surface area contributed by atoms with Gasteiger partial charge in [0.15, 0.2) is 0 Å². The fourth-order valence-electron chi connectivity index (χ4n) is 4.19. The number of benzene rings is 1. The van der Waals surface area contributed by atoms with E-state index in [-0.39, 0.29) is 11.9 Å². The predicted molar refractivity (Wildman–Crippen MR) is 103 cm³/mol. The normalized spacial score (nSPS) is 24.7. The zero-order chi connectivity index (χ0) is 17.5. The molecule has 1 amide bonds. The maximum Gasteiger partial charge on any atom is 0.271 e. The number of hydrogen-bond acceptors (Lipinski definition) is 5. The largest absolute Gasteiger partial charge is 0.346 e. The highest BCUT2D eigenvalue weighted by Crippen LogP contribution is 2.30. The van der Waals surface area contributed by atoms with Crippen LogP contribution >= 0.6 is 11.5 Å². The third-order valence-electron chi connectivity index (χ3n) is 5.67. The zero-order valence-corrected chi connectivity index (χ0v) is 15.2. The Labute approximate surface area is 156 Å². The molecular weight excluding hydrogens is 344 g/mol. The van der Waals surface area contributed by atoms with Gasteiger partial charge in [0.05, 0.1) is 4.70 Å². The predicted octanol–water partition coefficient (Wildman–Crippen LogP) is 3.18. The van der Waals surface area contributed by atoms with E-state index in [4.69, 9.17) is 0 Å². The minimum absolute atomic E-state index is 0.0355. The molecule has 5 heterocycles. The van der Waals surface area contributed by atoms with Gasteiger partial charge in [-0.1, -0.05) is 12.1 Å². The van der Waals surface area contributed by atoms with Crippen molar-refractivity contribution in [3.05, 3.63) is 48.4 Å². The molecule has 6 rings (SSSR count). The summed E-state index contributed by atoms with van der Waals surface area (Å²) in [5.41, 5.74) is 2.80. The lowest BCUT2D eigenvalue weighted by Crippen LogP contribution is -2.57. The molecule has 3 saturated heterocycles. The molecule has 0 saturated carbocycles. The number of rotatable bonds is 3. The molecule has 5 nitrogen and oxygen atoms in total. The second kappa shape index (κ2) is 6.45. The minimum Gasteiger partial charge on any atom is -0.346 e. The van der Waals surface area contributed by atoms with Crippen LogP contribution < -0.4 is 5.32 Å². The number of fused-ring (bicyclic) bond motifs is 4. The van der Waals surface area contributed by atoms with Crippen molar-refractivity contribution in [2.24, 2.45) is 5.92 Å². The van der Waals surface area contributed by atoms with Gasteiger partial charge in [-0.25, -0.2) is 0 Å². The highest BCUT2D eigenvalue weighted by molar-refractivity contribution is 7.13. The highest BCUT2D eigenvalue weighted by atomic mass is 32.1. The summed E-state index contributed by atoms with van der Waals surface area (Å²) in [7, 11) is 0. The van der Waals surface area contributed by atoms with Crippen LogP contribution in [-0.4, -0.2) is 45.8 Å². The molecule has 3 aromatic rings. The number of nitrogens with one attached hydrogen (secondary N) is 1. The summed E-state index contributed by atoms with van der Waals surface area (Å²) in [6, 6.07) is 10.4. The van der Waals surface area contributed by atoms with Gasteiger partial charge in [-0.3, -0.25) is 9.78 Å². The maximum atomic E-state index is 12.8. The van der Waals surface area contributed by atoms with Crippen LogP contribution in [0, 0.1) is 5.92 Å². The van der Waals surface area contributed by atoms with Crippen molar-refractivity contribution < 1.29 is 4.79 Å². The summed E-state index contributed by atoms with van der Waals surface area (Å²) in [6.45, 7) is 3.33. The molecule has 2 bridgehead atoms.